The number of H-pyrrole nitrogens is 1. The number of aromatic nitrogens is 2. The van der Waals surface area contributed by atoms with E-state index in [1.54, 1.807) is 6.07 Å². The van der Waals surface area contributed by atoms with Gasteiger partial charge in [0.15, 0.2) is 0 Å². The second-order valence-corrected chi connectivity index (χ2v) is 6.55. The number of nitrogens with one attached hydrogen (secondary N) is 3. The van der Waals surface area contributed by atoms with Crippen LogP contribution in [0.1, 0.15) is 30.0 Å². The Morgan fingerprint density at radius 3 is 2.69 bits per heavy atom. The summed E-state index contributed by atoms with van der Waals surface area (Å²) < 4.78 is 39.4. The largest absolute Gasteiger partial charge is 0.416 e. The molecule has 1 unspecified atom stereocenters. The van der Waals surface area contributed by atoms with Gasteiger partial charge in [-0.1, -0.05) is 24.3 Å². The van der Waals surface area contributed by atoms with Crippen LogP contribution in [0.25, 0.3) is 11.0 Å². The van der Waals surface area contributed by atoms with Crippen LogP contribution in [-0.4, -0.2) is 34.1 Å². The number of hydrogen-bond acceptors (Lipinski definition) is 4. The van der Waals surface area contributed by atoms with Crippen molar-refractivity contribution in [2.24, 2.45) is 0 Å². The van der Waals surface area contributed by atoms with E-state index in [0.29, 0.717) is 23.4 Å². The molecule has 4 N–H and O–H groups in total. The van der Waals surface area contributed by atoms with Crippen LogP contribution in [0.2, 0.25) is 0 Å². The van der Waals surface area contributed by atoms with Crippen LogP contribution in [0, 0.1) is 0 Å². The molecule has 9 heteroatoms. The maximum Gasteiger partial charge on any atom is 0.416 e. The number of aliphatic hydroxyl groups excluding tert-OH is 1. The van der Waals surface area contributed by atoms with Gasteiger partial charge in [0, 0.05) is 13.2 Å². The van der Waals surface area contributed by atoms with Crippen molar-refractivity contribution in [1.82, 2.24) is 15.3 Å². The normalized spacial score (nSPS) is 12.7. The van der Waals surface area contributed by atoms with Crippen LogP contribution in [0.3, 0.4) is 0 Å². The summed E-state index contributed by atoms with van der Waals surface area (Å²) in [4.78, 5) is 19.7. The molecule has 0 spiro atoms. The highest BCUT2D eigenvalue weighted by Gasteiger charge is 2.31. The molecule has 0 fully saturated rings. The Balaban J connectivity index is 1.85. The van der Waals surface area contributed by atoms with Gasteiger partial charge in [-0.05, 0) is 36.2 Å². The van der Waals surface area contributed by atoms with E-state index in [9.17, 15) is 18.0 Å². The quantitative estimate of drug-likeness (QED) is 0.430. The maximum atomic E-state index is 13.1. The third-order valence-electron chi connectivity index (χ3n) is 4.36. The van der Waals surface area contributed by atoms with Crippen LogP contribution >= 0.6 is 0 Å². The molecule has 29 heavy (non-hydrogen) atoms. The SMILES string of the molecule is O=C(CC(Nc1nc2ccccc2[nH]1)c1cccc(C(F)(F)F)c1)NCCCO. The number of nitrogens with zero attached hydrogens (tertiary/aromatic N) is 1. The van der Waals surface area contributed by atoms with Crippen LogP contribution in [0.15, 0.2) is 48.5 Å². The summed E-state index contributed by atoms with van der Waals surface area (Å²) in [6.07, 6.45) is -4.18. The van der Waals surface area contributed by atoms with Gasteiger partial charge in [-0.25, -0.2) is 4.98 Å². The van der Waals surface area contributed by atoms with Crippen molar-refractivity contribution in [3.63, 3.8) is 0 Å². The average Bonchev–Trinajstić information content (AvgIpc) is 3.09. The van der Waals surface area contributed by atoms with E-state index in [2.05, 4.69) is 20.6 Å². The zero-order chi connectivity index (χ0) is 20.9. The minimum Gasteiger partial charge on any atom is -0.396 e. The van der Waals surface area contributed by atoms with E-state index < -0.39 is 17.8 Å². The average molecular weight is 406 g/mol. The Morgan fingerprint density at radius 1 is 1.17 bits per heavy atom. The standard InChI is InChI=1S/C20H21F3N4O2/c21-20(22,23)14-6-3-5-13(11-14)17(12-18(29)24-9-4-10-28)27-19-25-15-7-1-2-8-16(15)26-19/h1-3,5-8,11,17,28H,4,9-10,12H2,(H,24,29)(H2,25,26,27). The summed E-state index contributed by atoms with van der Waals surface area (Å²) in [6.45, 7) is 0.226. The molecular weight excluding hydrogens is 385 g/mol. The fraction of sp³-hybridized carbons (Fsp3) is 0.300. The van der Waals surface area contributed by atoms with Crippen molar-refractivity contribution in [3.05, 3.63) is 59.7 Å². The lowest BCUT2D eigenvalue weighted by molar-refractivity contribution is -0.137. The number of fused-ring (bicyclic) bond motifs is 1. The summed E-state index contributed by atoms with van der Waals surface area (Å²) in [5.74, 6) is 0.0150. The molecule has 6 nitrogen and oxygen atoms in total. The molecule has 0 aliphatic heterocycles. The van der Waals surface area contributed by atoms with Crippen LogP contribution in [-0.2, 0) is 11.0 Å². The maximum absolute atomic E-state index is 13.1. The summed E-state index contributed by atoms with van der Waals surface area (Å²) >= 11 is 0. The number of anilines is 1. The van der Waals surface area contributed by atoms with Crippen molar-refractivity contribution < 1.29 is 23.1 Å². The zero-order valence-electron chi connectivity index (χ0n) is 15.5. The first kappa shape index (κ1) is 20.7. The van der Waals surface area contributed by atoms with Gasteiger partial charge in [-0.2, -0.15) is 13.2 Å². The van der Waals surface area contributed by atoms with E-state index in [1.165, 1.54) is 12.1 Å². The number of aliphatic hydroxyl groups is 1. The molecule has 1 heterocycles. The molecule has 0 aliphatic carbocycles. The fourth-order valence-electron chi connectivity index (χ4n) is 2.93. The van der Waals surface area contributed by atoms with E-state index in [1.807, 2.05) is 18.2 Å². The molecular formula is C20H21F3N4O2. The third kappa shape index (κ3) is 5.47. The minimum absolute atomic E-state index is 0.0609. The van der Waals surface area contributed by atoms with Gasteiger partial charge < -0.3 is 20.7 Å². The highest BCUT2D eigenvalue weighted by molar-refractivity contribution is 5.79. The number of hydrogen-bond donors (Lipinski definition) is 4. The van der Waals surface area contributed by atoms with Crippen LogP contribution in [0.5, 0.6) is 0 Å². The van der Waals surface area contributed by atoms with Gasteiger partial charge in [-0.15, -0.1) is 0 Å². The third-order valence-corrected chi connectivity index (χ3v) is 4.36. The lowest BCUT2D eigenvalue weighted by Crippen LogP contribution is -2.28. The fourth-order valence-corrected chi connectivity index (χ4v) is 2.93. The molecule has 0 aliphatic rings. The monoisotopic (exact) mass is 406 g/mol. The molecule has 0 bridgehead atoms. The first-order chi connectivity index (χ1) is 13.9. The van der Waals surface area contributed by atoms with Gasteiger partial charge in [0.1, 0.15) is 0 Å². The number of halogens is 3. The van der Waals surface area contributed by atoms with Crippen LogP contribution < -0.4 is 10.6 Å². The smallest absolute Gasteiger partial charge is 0.396 e. The first-order valence-electron chi connectivity index (χ1n) is 9.13. The number of carbonyl (C=O) groups is 1. The number of amides is 1. The van der Waals surface area contributed by atoms with E-state index in [4.69, 9.17) is 5.11 Å². The Bertz CT molecular complexity index is 939. The Morgan fingerprint density at radius 2 is 1.97 bits per heavy atom. The Labute approximate surface area is 165 Å². The highest BCUT2D eigenvalue weighted by Crippen LogP contribution is 2.32. The van der Waals surface area contributed by atoms with Crippen molar-refractivity contribution >= 4 is 22.9 Å². The topological polar surface area (TPSA) is 90.0 Å². The van der Waals surface area contributed by atoms with Gasteiger partial charge in [0.2, 0.25) is 11.9 Å². The van der Waals surface area contributed by atoms with E-state index >= 15 is 0 Å². The molecule has 1 atom stereocenters. The summed E-state index contributed by atoms with van der Waals surface area (Å²) in [7, 11) is 0. The highest BCUT2D eigenvalue weighted by atomic mass is 19.4. The van der Waals surface area contributed by atoms with Gasteiger partial charge >= 0.3 is 6.18 Å². The predicted octanol–water partition coefficient (Wildman–Crippen LogP) is 3.62. The summed E-state index contributed by atoms with van der Waals surface area (Å²) in [5, 5.41) is 14.5. The number of rotatable bonds is 8. The molecule has 1 amide bonds. The molecule has 0 radical (unpaired) electrons. The molecule has 1 aromatic heterocycles. The van der Waals surface area contributed by atoms with E-state index in [0.717, 1.165) is 17.6 Å². The van der Waals surface area contributed by atoms with Gasteiger partial charge in [0.25, 0.3) is 0 Å². The molecule has 154 valence electrons. The second-order valence-electron chi connectivity index (χ2n) is 6.55. The number of imidazole rings is 1. The molecule has 0 saturated heterocycles. The van der Waals surface area contributed by atoms with E-state index in [-0.39, 0.29) is 25.5 Å². The van der Waals surface area contributed by atoms with Crippen molar-refractivity contribution in [2.75, 3.05) is 18.5 Å². The summed E-state index contributed by atoms with van der Waals surface area (Å²) in [6, 6.07) is 11.4. The van der Waals surface area contributed by atoms with Crippen molar-refractivity contribution in [2.45, 2.75) is 25.1 Å². The van der Waals surface area contributed by atoms with Gasteiger partial charge in [-0.3, -0.25) is 4.79 Å². The van der Waals surface area contributed by atoms with Crippen molar-refractivity contribution in [1.29, 1.82) is 0 Å². The second kappa shape index (κ2) is 8.95. The zero-order valence-corrected chi connectivity index (χ0v) is 15.5. The van der Waals surface area contributed by atoms with Crippen LogP contribution in [0.4, 0.5) is 19.1 Å². The molecule has 3 aromatic rings. The Kier molecular flexibility index (Phi) is 6.38. The first-order valence-corrected chi connectivity index (χ1v) is 9.13. The lowest BCUT2D eigenvalue weighted by atomic mass is 10.0. The number of alkyl halides is 3. The van der Waals surface area contributed by atoms with Crippen molar-refractivity contribution in [3.8, 4) is 0 Å². The minimum atomic E-state index is -4.48. The number of para-hydroxylation sites is 2. The molecule has 2 aromatic carbocycles. The number of aromatic amines is 1. The molecule has 0 saturated carbocycles. The number of benzene rings is 2. The number of carbonyl (C=O) groups excluding carboxylic acids is 1. The summed E-state index contributed by atoms with van der Waals surface area (Å²) in [5.41, 5.74) is 1.00. The molecule has 3 rings (SSSR count). The lowest BCUT2D eigenvalue weighted by Gasteiger charge is -2.20. The predicted molar refractivity (Wildman–Crippen MR) is 103 cm³/mol. The Hall–Kier alpha value is -3.07. The van der Waals surface area contributed by atoms with Gasteiger partial charge in [0.05, 0.1) is 29.1 Å².